The lowest BCUT2D eigenvalue weighted by atomic mass is 10.3. The van der Waals surface area contributed by atoms with Gasteiger partial charge in [0.05, 0.1) is 20.4 Å². The molecule has 0 aliphatic heterocycles. The maximum Gasteiger partial charge on any atom is 0.217 e. The molecule has 0 atom stereocenters. The van der Waals surface area contributed by atoms with Crippen molar-refractivity contribution in [1.82, 2.24) is 9.78 Å². The Morgan fingerprint density at radius 1 is 1.00 bits per heavy atom. The lowest BCUT2D eigenvalue weighted by molar-refractivity contribution is 0.381. The smallest absolute Gasteiger partial charge is 0.217 e. The molecule has 0 unspecified atom stereocenters. The molecule has 0 bridgehead atoms. The Morgan fingerprint density at radius 2 is 1.59 bits per heavy atom. The van der Waals surface area contributed by atoms with Gasteiger partial charge in [0.2, 0.25) is 5.88 Å². The van der Waals surface area contributed by atoms with Gasteiger partial charge in [0.25, 0.3) is 0 Å². The average molecular weight is 234 g/mol. The van der Waals surface area contributed by atoms with Crippen molar-refractivity contribution in [2.24, 2.45) is 7.05 Å². The highest BCUT2D eigenvalue weighted by atomic mass is 16.5. The number of nitrogens with zero attached hydrogens (tertiary/aromatic N) is 2. The topological polar surface area (TPSA) is 45.5 Å². The van der Waals surface area contributed by atoms with Crippen LogP contribution in [0.2, 0.25) is 0 Å². The van der Waals surface area contributed by atoms with E-state index in [0.29, 0.717) is 23.1 Å². The van der Waals surface area contributed by atoms with Crippen molar-refractivity contribution in [3.05, 3.63) is 30.5 Å². The summed E-state index contributed by atoms with van der Waals surface area (Å²) in [6, 6.07) is 7.15. The van der Waals surface area contributed by atoms with Crippen molar-refractivity contribution in [3.8, 4) is 23.1 Å². The summed E-state index contributed by atoms with van der Waals surface area (Å²) in [4.78, 5) is 0. The minimum atomic E-state index is 0.643. The van der Waals surface area contributed by atoms with Gasteiger partial charge in [-0.1, -0.05) is 0 Å². The van der Waals surface area contributed by atoms with Gasteiger partial charge in [0.15, 0.2) is 0 Å². The SMILES string of the molecule is COc1cc(OC)cc(Oc2ccnn2C)c1. The largest absolute Gasteiger partial charge is 0.496 e. The number of hydrogen-bond donors (Lipinski definition) is 0. The normalized spacial score (nSPS) is 10.1. The Bertz CT molecular complexity index is 486. The van der Waals surface area contributed by atoms with E-state index >= 15 is 0 Å². The van der Waals surface area contributed by atoms with Crippen LogP contribution in [0.1, 0.15) is 0 Å². The molecule has 2 rings (SSSR count). The zero-order valence-electron chi connectivity index (χ0n) is 10.0. The molecule has 0 aliphatic carbocycles. The van der Waals surface area contributed by atoms with Crippen molar-refractivity contribution in [2.75, 3.05) is 14.2 Å². The number of aromatic nitrogens is 2. The molecule has 17 heavy (non-hydrogen) atoms. The van der Waals surface area contributed by atoms with Crippen LogP contribution >= 0.6 is 0 Å². The third kappa shape index (κ3) is 2.50. The first-order valence-corrected chi connectivity index (χ1v) is 5.12. The van der Waals surface area contributed by atoms with Gasteiger partial charge in [-0.15, -0.1) is 0 Å². The molecule has 0 fully saturated rings. The summed E-state index contributed by atoms with van der Waals surface area (Å²) < 4.78 is 17.6. The number of methoxy groups -OCH3 is 2. The van der Waals surface area contributed by atoms with Gasteiger partial charge in [-0.3, -0.25) is 0 Å². The molecular weight excluding hydrogens is 220 g/mol. The molecule has 1 aromatic heterocycles. The summed E-state index contributed by atoms with van der Waals surface area (Å²) in [5.41, 5.74) is 0. The lowest BCUT2D eigenvalue weighted by Gasteiger charge is -2.09. The predicted molar refractivity (Wildman–Crippen MR) is 62.8 cm³/mol. The van der Waals surface area contributed by atoms with E-state index in [1.165, 1.54) is 0 Å². The molecule has 5 heteroatoms. The van der Waals surface area contributed by atoms with Gasteiger partial charge >= 0.3 is 0 Å². The van der Waals surface area contributed by atoms with E-state index in [-0.39, 0.29) is 0 Å². The van der Waals surface area contributed by atoms with E-state index < -0.39 is 0 Å². The third-order valence-electron chi connectivity index (χ3n) is 2.32. The van der Waals surface area contributed by atoms with Gasteiger partial charge in [-0.2, -0.15) is 5.10 Å². The molecule has 2 aromatic rings. The van der Waals surface area contributed by atoms with E-state index in [4.69, 9.17) is 14.2 Å². The van der Waals surface area contributed by atoms with E-state index in [9.17, 15) is 0 Å². The van der Waals surface area contributed by atoms with Crippen molar-refractivity contribution in [3.63, 3.8) is 0 Å². The number of rotatable bonds is 4. The molecule has 0 aliphatic rings. The van der Waals surface area contributed by atoms with E-state index in [0.717, 1.165) is 0 Å². The van der Waals surface area contributed by atoms with Crippen LogP contribution in [0.15, 0.2) is 30.5 Å². The molecule has 0 amide bonds. The van der Waals surface area contributed by atoms with Crippen molar-refractivity contribution >= 4 is 0 Å². The number of ether oxygens (including phenoxy) is 3. The summed E-state index contributed by atoms with van der Waals surface area (Å²) >= 11 is 0. The van der Waals surface area contributed by atoms with Crippen molar-refractivity contribution in [2.45, 2.75) is 0 Å². The van der Waals surface area contributed by atoms with Gasteiger partial charge in [0, 0.05) is 31.3 Å². The minimum Gasteiger partial charge on any atom is -0.496 e. The summed E-state index contributed by atoms with van der Waals surface area (Å²) in [6.45, 7) is 0. The molecule has 5 nitrogen and oxygen atoms in total. The second kappa shape index (κ2) is 4.78. The molecule has 1 aromatic carbocycles. The maximum absolute atomic E-state index is 5.67. The van der Waals surface area contributed by atoms with Crippen LogP contribution in [0.5, 0.6) is 23.1 Å². The van der Waals surface area contributed by atoms with Crippen LogP contribution in [0, 0.1) is 0 Å². The zero-order chi connectivity index (χ0) is 12.3. The molecule has 90 valence electrons. The van der Waals surface area contributed by atoms with Crippen LogP contribution in [0.25, 0.3) is 0 Å². The molecule has 0 saturated carbocycles. The van der Waals surface area contributed by atoms with Crippen LogP contribution in [-0.2, 0) is 7.05 Å². The van der Waals surface area contributed by atoms with Crippen molar-refractivity contribution < 1.29 is 14.2 Å². The summed E-state index contributed by atoms with van der Waals surface area (Å²) in [5, 5.41) is 4.03. The molecule has 1 heterocycles. The lowest BCUT2D eigenvalue weighted by Crippen LogP contribution is -1.95. The monoisotopic (exact) mass is 234 g/mol. The first kappa shape index (κ1) is 11.3. The Labute approximate surface area is 99.5 Å². The zero-order valence-corrected chi connectivity index (χ0v) is 10.0. The highest BCUT2D eigenvalue weighted by Crippen LogP contribution is 2.30. The van der Waals surface area contributed by atoms with E-state index in [2.05, 4.69) is 5.10 Å². The second-order valence-corrected chi connectivity index (χ2v) is 3.44. The van der Waals surface area contributed by atoms with Gasteiger partial charge < -0.3 is 14.2 Å². The molecule has 0 spiro atoms. The summed E-state index contributed by atoms with van der Waals surface area (Å²) in [6.07, 6.45) is 1.67. The van der Waals surface area contributed by atoms with E-state index in [1.807, 2.05) is 7.05 Å². The third-order valence-corrected chi connectivity index (χ3v) is 2.32. The Hall–Kier alpha value is -2.17. The first-order valence-electron chi connectivity index (χ1n) is 5.12. The quantitative estimate of drug-likeness (QED) is 0.813. The van der Waals surface area contributed by atoms with Gasteiger partial charge in [-0.25, -0.2) is 4.68 Å². The Morgan fingerprint density at radius 3 is 2.06 bits per heavy atom. The molecule has 0 saturated heterocycles. The highest BCUT2D eigenvalue weighted by molar-refractivity contribution is 5.43. The Balaban J connectivity index is 2.29. The highest BCUT2D eigenvalue weighted by Gasteiger charge is 2.06. The Kier molecular flexibility index (Phi) is 3.18. The first-order chi connectivity index (χ1) is 8.22. The molecule has 0 N–H and O–H groups in total. The number of aryl methyl sites for hydroxylation is 1. The van der Waals surface area contributed by atoms with Crippen LogP contribution in [0.4, 0.5) is 0 Å². The van der Waals surface area contributed by atoms with Gasteiger partial charge in [0.1, 0.15) is 17.2 Å². The molecule has 0 radical (unpaired) electrons. The number of hydrogen-bond acceptors (Lipinski definition) is 4. The van der Waals surface area contributed by atoms with Crippen LogP contribution < -0.4 is 14.2 Å². The standard InChI is InChI=1S/C12H14N2O3/c1-14-12(4-5-13-14)17-11-7-9(15-2)6-10(8-11)16-3/h4-8H,1-3H3. The maximum atomic E-state index is 5.67. The predicted octanol–water partition coefficient (Wildman–Crippen LogP) is 2.23. The van der Waals surface area contributed by atoms with Crippen LogP contribution in [0.3, 0.4) is 0 Å². The fourth-order valence-electron chi connectivity index (χ4n) is 1.42. The average Bonchev–Trinajstić information content (AvgIpc) is 2.74. The van der Waals surface area contributed by atoms with Crippen molar-refractivity contribution in [1.29, 1.82) is 0 Å². The fourth-order valence-corrected chi connectivity index (χ4v) is 1.42. The van der Waals surface area contributed by atoms with E-state index in [1.54, 1.807) is 49.4 Å². The minimum absolute atomic E-state index is 0.643. The number of benzene rings is 1. The van der Waals surface area contributed by atoms with Gasteiger partial charge in [-0.05, 0) is 0 Å². The molecular formula is C12H14N2O3. The summed E-state index contributed by atoms with van der Waals surface area (Å²) in [7, 11) is 5.01. The summed E-state index contributed by atoms with van der Waals surface area (Å²) in [5.74, 6) is 2.66. The second-order valence-electron chi connectivity index (χ2n) is 3.44. The fraction of sp³-hybridized carbons (Fsp3) is 0.250. The van der Waals surface area contributed by atoms with Crippen LogP contribution in [-0.4, -0.2) is 24.0 Å².